The van der Waals surface area contributed by atoms with E-state index in [1.165, 1.54) is 11.0 Å². The summed E-state index contributed by atoms with van der Waals surface area (Å²) in [5.41, 5.74) is 2.52. The molecule has 2 aromatic carbocycles. The van der Waals surface area contributed by atoms with Crippen LogP contribution in [0.25, 0.3) is 0 Å². The third-order valence-electron chi connectivity index (χ3n) is 3.95. The molecule has 0 aromatic heterocycles. The number of aryl methyl sites for hydroxylation is 2. The Labute approximate surface area is 149 Å². The predicted molar refractivity (Wildman–Crippen MR) is 93.4 cm³/mol. The van der Waals surface area contributed by atoms with Gasteiger partial charge in [-0.1, -0.05) is 24.3 Å². The van der Waals surface area contributed by atoms with Crippen LogP contribution in [0.2, 0.25) is 0 Å². The molecule has 1 saturated heterocycles. The first-order chi connectivity index (χ1) is 11.9. The number of aromatic carboxylic acids is 1. The van der Waals surface area contributed by atoms with Gasteiger partial charge < -0.3 is 9.90 Å². The molecule has 0 N–H and O–H groups in total. The number of hydrogen-bond donors (Lipinski definition) is 0. The Balaban J connectivity index is 1.88. The van der Waals surface area contributed by atoms with Crippen molar-refractivity contribution in [2.45, 2.75) is 30.4 Å². The van der Waals surface area contributed by atoms with E-state index in [9.17, 15) is 19.5 Å². The summed E-state index contributed by atoms with van der Waals surface area (Å²) >= 11 is 1.09. The van der Waals surface area contributed by atoms with Gasteiger partial charge in [0.2, 0.25) is 11.8 Å². The van der Waals surface area contributed by atoms with E-state index in [-0.39, 0.29) is 23.8 Å². The van der Waals surface area contributed by atoms with E-state index in [2.05, 4.69) is 0 Å². The van der Waals surface area contributed by atoms with Crippen LogP contribution >= 0.6 is 11.8 Å². The maximum atomic E-state index is 12.7. The van der Waals surface area contributed by atoms with Crippen molar-refractivity contribution in [3.63, 3.8) is 0 Å². The molecule has 2 aromatic rings. The fourth-order valence-electron chi connectivity index (χ4n) is 2.94. The van der Waals surface area contributed by atoms with E-state index in [1.807, 2.05) is 19.9 Å². The molecular formula is C19H16NO4S-. The number of nitrogens with zero attached hydrogens (tertiary/aromatic N) is 1. The maximum absolute atomic E-state index is 12.7. The zero-order valence-corrected chi connectivity index (χ0v) is 14.6. The molecule has 6 heteroatoms. The standard InChI is InChI=1S/C19H17NO4S/c1-11-7-12(2)9-13(8-11)20-17(21)10-16(18(20)22)25-15-6-4-3-5-14(15)19(23)24/h3-9,16H,10H2,1-2H3,(H,23,24)/p-1/t16-/m1/s1. The largest absolute Gasteiger partial charge is 0.545 e. The summed E-state index contributed by atoms with van der Waals surface area (Å²) in [6, 6.07) is 11.9. The van der Waals surface area contributed by atoms with Crippen LogP contribution in [0.1, 0.15) is 27.9 Å². The number of imide groups is 1. The average Bonchev–Trinajstić information content (AvgIpc) is 2.80. The Kier molecular flexibility index (Phi) is 4.63. The fourth-order valence-corrected chi connectivity index (χ4v) is 4.11. The molecule has 1 atom stereocenters. The lowest BCUT2D eigenvalue weighted by Crippen LogP contribution is -2.31. The number of thioether (sulfide) groups is 1. The molecule has 0 radical (unpaired) electrons. The molecule has 0 unspecified atom stereocenters. The third kappa shape index (κ3) is 3.44. The number of carbonyl (C=O) groups is 3. The van der Waals surface area contributed by atoms with Crippen molar-refractivity contribution in [1.29, 1.82) is 0 Å². The average molecular weight is 354 g/mol. The first kappa shape index (κ1) is 17.2. The number of carboxylic acids is 1. The Hall–Kier alpha value is -2.60. The molecule has 1 aliphatic heterocycles. The van der Waals surface area contributed by atoms with Crippen LogP contribution in [0.15, 0.2) is 47.4 Å². The number of carbonyl (C=O) groups excluding carboxylic acids is 3. The van der Waals surface area contributed by atoms with E-state index < -0.39 is 11.2 Å². The second-order valence-corrected chi connectivity index (χ2v) is 7.25. The Morgan fingerprint density at radius 2 is 1.76 bits per heavy atom. The number of rotatable bonds is 4. The van der Waals surface area contributed by atoms with Gasteiger partial charge in [0.25, 0.3) is 0 Å². The molecule has 0 aliphatic carbocycles. The molecule has 25 heavy (non-hydrogen) atoms. The first-order valence-corrected chi connectivity index (χ1v) is 8.67. The van der Waals surface area contributed by atoms with Crippen molar-refractivity contribution >= 4 is 35.2 Å². The van der Waals surface area contributed by atoms with Gasteiger partial charge in [-0.2, -0.15) is 0 Å². The molecule has 0 bridgehead atoms. The van der Waals surface area contributed by atoms with Gasteiger partial charge in [0, 0.05) is 16.9 Å². The van der Waals surface area contributed by atoms with Gasteiger partial charge >= 0.3 is 0 Å². The summed E-state index contributed by atoms with van der Waals surface area (Å²) in [6.45, 7) is 3.81. The summed E-state index contributed by atoms with van der Waals surface area (Å²) in [7, 11) is 0. The summed E-state index contributed by atoms with van der Waals surface area (Å²) in [5.74, 6) is -1.90. The van der Waals surface area contributed by atoms with E-state index in [0.717, 1.165) is 22.9 Å². The van der Waals surface area contributed by atoms with Crippen molar-refractivity contribution in [3.05, 3.63) is 59.2 Å². The Morgan fingerprint density at radius 3 is 2.40 bits per heavy atom. The molecule has 1 fully saturated rings. The molecule has 2 amide bonds. The predicted octanol–water partition coefficient (Wildman–Crippen LogP) is 2.09. The van der Waals surface area contributed by atoms with E-state index in [1.54, 1.807) is 30.3 Å². The van der Waals surface area contributed by atoms with Crippen LogP contribution in [-0.4, -0.2) is 23.0 Å². The topological polar surface area (TPSA) is 77.5 Å². The van der Waals surface area contributed by atoms with E-state index >= 15 is 0 Å². The van der Waals surface area contributed by atoms with Crippen molar-refractivity contribution in [1.82, 2.24) is 0 Å². The monoisotopic (exact) mass is 354 g/mol. The molecule has 0 saturated carbocycles. The highest BCUT2D eigenvalue weighted by molar-refractivity contribution is 8.00. The zero-order chi connectivity index (χ0) is 18.1. The van der Waals surface area contributed by atoms with Gasteiger partial charge in [0.1, 0.15) is 0 Å². The minimum Gasteiger partial charge on any atom is -0.545 e. The van der Waals surface area contributed by atoms with Crippen LogP contribution in [0.5, 0.6) is 0 Å². The highest BCUT2D eigenvalue weighted by atomic mass is 32.2. The number of amides is 2. The first-order valence-electron chi connectivity index (χ1n) is 7.79. The lowest BCUT2D eigenvalue weighted by Gasteiger charge is -2.17. The fraction of sp³-hybridized carbons (Fsp3) is 0.211. The maximum Gasteiger partial charge on any atom is 0.247 e. The van der Waals surface area contributed by atoms with Gasteiger partial charge in [0.05, 0.1) is 16.9 Å². The van der Waals surface area contributed by atoms with E-state index in [0.29, 0.717) is 10.6 Å². The second-order valence-electron chi connectivity index (χ2n) is 6.01. The van der Waals surface area contributed by atoms with Gasteiger partial charge in [-0.3, -0.25) is 9.59 Å². The minimum absolute atomic E-state index is 0.0256. The molecule has 128 valence electrons. The normalized spacial score (nSPS) is 17.2. The van der Waals surface area contributed by atoms with Gasteiger partial charge in [-0.05, 0) is 43.2 Å². The summed E-state index contributed by atoms with van der Waals surface area (Å²) < 4.78 is 0. The van der Waals surface area contributed by atoms with Crippen LogP contribution in [0.4, 0.5) is 5.69 Å². The molecule has 3 rings (SSSR count). The van der Waals surface area contributed by atoms with Gasteiger partial charge in [0.15, 0.2) is 0 Å². The van der Waals surface area contributed by atoms with Crippen LogP contribution in [-0.2, 0) is 9.59 Å². The number of carboxylic acid groups (broad SMARTS) is 1. The smallest absolute Gasteiger partial charge is 0.247 e. The lowest BCUT2D eigenvalue weighted by molar-refractivity contribution is -0.255. The number of anilines is 1. The molecule has 1 aliphatic rings. The zero-order valence-electron chi connectivity index (χ0n) is 13.8. The van der Waals surface area contributed by atoms with Crippen molar-refractivity contribution < 1.29 is 19.5 Å². The van der Waals surface area contributed by atoms with Crippen LogP contribution < -0.4 is 10.0 Å². The highest BCUT2D eigenvalue weighted by Gasteiger charge is 2.40. The molecule has 0 spiro atoms. The SMILES string of the molecule is Cc1cc(C)cc(N2C(=O)C[C@@H](Sc3ccccc3C(=O)[O-])C2=O)c1. The van der Waals surface area contributed by atoms with Gasteiger partial charge in [-0.15, -0.1) is 11.8 Å². The van der Waals surface area contributed by atoms with Crippen molar-refractivity contribution in [3.8, 4) is 0 Å². The number of hydrogen-bond acceptors (Lipinski definition) is 5. The third-order valence-corrected chi connectivity index (χ3v) is 5.21. The van der Waals surface area contributed by atoms with E-state index in [4.69, 9.17) is 0 Å². The minimum atomic E-state index is -1.30. The highest BCUT2D eigenvalue weighted by Crippen LogP contribution is 2.35. The van der Waals surface area contributed by atoms with Crippen molar-refractivity contribution in [2.24, 2.45) is 0 Å². The molecular weight excluding hydrogens is 338 g/mol. The van der Waals surface area contributed by atoms with Crippen LogP contribution in [0, 0.1) is 13.8 Å². The Morgan fingerprint density at radius 1 is 1.12 bits per heavy atom. The van der Waals surface area contributed by atoms with Crippen molar-refractivity contribution in [2.75, 3.05) is 4.90 Å². The summed E-state index contributed by atoms with van der Waals surface area (Å²) in [6.07, 6.45) is 0.0396. The quantitative estimate of drug-likeness (QED) is 0.786. The van der Waals surface area contributed by atoms with Crippen LogP contribution in [0.3, 0.4) is 0 Å². The molecule has 5 nitrogen and oxygen atoms in total. The Bertz CT molecular complexity index is 857. The summed E-state index contributed by atoms with van der Waals surface area (Å²) in [5, 5.41) is 10.6. The second kappa shape index (κ2) is 6.72. The molecule has 1 heterocycles. The summed E-state index contributed by atoms with van der Waals surface area (Å²) in [4.78, 5) is 38.0. The van der Waals surface area contributed by atoms with Gasteiger partial charge in [-0.25, -0.2) is 4.90 Å². The lowest BCUT2D eigenvalue weighted by atomic mass is 10.1. The number of benzene rings is 2.